The van der Waals surface area contributed by atoms with Gasteiger partial charge in [0.25, 0.3) is 11.8 Å². The summed E-state index contributed by atoms with van der Waals surface area (Å²) in [5.41, 5.74) is 2.34. The Morgan fingerprint density at radius 3 is 2.32 bits per heavy atom. The molecular weight excluding hydrogens is 486 g/mol. The number of anilines is 2. The second-order valence-corrected chi connectivity index (χ2v) is 8.79. The van der Waals surface area contributed by atoms with E-state index in [2.05, 4.69) is 20.5 Å². The highest BCUT2D eigenvalue weighted by Crippen LogP contribution is 2.27. The van der Waals surface area contributed by atoms with Gasteiger partial charge in [0.15, 0.2) is 11.5 Å². The highest BCUT2D eigenvalue weighted by atomic mass is 16.5. The molecule has 10 heteroatoms. The summed E-state index contributed by atoms with van der Waals surface area (Å²) in [6.45, 7) is 3.71. The van der Waals surface area contributed by atoms with Crippen molar-refractivity contribution in [3.63, 3.8) is 0 Å². The van der Waals surface area contributed by atoms with Crippen LogP contribution in [0.2, 0.25) is 0 Å². The molecule has 0 saturated carbocycles. The first-order valence-electron chi connectivity index (χ1n) is 12.3. The second kappa shape index (κ2) is 12.1. The number of nitrogens with one attached hydrogen (secondary N) is 2. The van der Waals surface area contributed by atoms with Gasteiger partial charge in [0, 0.05) is 43.6 Å². The number of hydrogen-bond donors (Lipinski definition) is 2. The summed E-state index contributed by atoms with van der Waals surface area (Å²) in [5.74, 6) is 0.186. The fourth-order valence-electron chi connectivity index (χ4n) is 4.34. The molecule has 1 fully saturated rings. The molecule has 2 heterocycles. The zero-order valence-corrected chi connectivity index (χ0v) is 21.6. The normalized spacial score (nSPS) is 13.9. The molecule has 0 radical (unpaired) electrons. The van der Waals surface area contributed by atoms with Gasteiger partial charge >= 0.3 is 0 Å². The number of hydrogen-bond acceptors (Lipinski definition) is 7. The Balaban J connectivity index is 1.35. The molecule has 4 rings (SSSR count). The molecule has 10 nitrogen and oxygen atoms in total. The van der Waals surface area contributed by atoms with E-state index in [1.54, 1.807) is 60.6 Å². The summed E-state index contributed by atoms with van der Waals surface area (Å²) in [7, 11) is 3.02. The van der Waals surface area contributed by atoms with Crippen molar-refractivity contribution in [3.05, 3.63) is 78.1 Å². The monoisotopic (exact) mass is 517 g/mol. The van der Waals surface area contributed by atoms with Gasteiger partial charge in [0.05, 0.1) is 31.7 Å². The zero-order chi connectivity index (χ0) is 27.1. The molecule has 38 heavy (non-hydrogen) atoms. The van der Waals surface area contributed by atoms with Crippen molar-refractivity contribution >= 4 is 29.1 Å². The lowest BCUT2D eigenvalue weighted by molar-refractivity contribution is -0.133. The van der Waals surface area contributed by atoms with E-state index in [0.717, 1.165) is 5.69 Å². The third-order valence-corrected chi connectivity index (χ3v) is 6.36. The minimum Gasteiger partial charge on any atom is -0.493 e. The van der Waals surface area contributed by atoms with Gasteiger partial charge in [-0.15, -0.1) is 0 Å². The van der Waals surface area contributed by atoms with E-state index in [0.29, 0.717) is 54.5 Å². The van der Waals surface area contributed by atoms with Crippen LogP contribution < -0.4 is 25.0 Å². The smallest absolute Gasteiger partial charge is 0.257 e. The number of methoxy groups -OCH3 is 2. The highest BCUT2D eigenvalue weighted by Gasteiger charge is 2.28. The standard InChI is InChI=1S/C28H31N5O5/c1-19(30-26(34)20-10-11-24(37-2)25(17-20)38-3)28(36)33-15-13-32(14-16-33)23-9-5-4-8-22(23)27(35)31-21-7-6-12-29-18-21/h4-12,17-19H,13-16H2,1-3H3,(H,30,34)(H,31,35). The first-order chi connectivity index (χ1) is 18.4. The maximum atomic E-state index is 13.1. The molecule has 2 N–H and O–H groups in total. The Labute approximate surface area is 221 Å². The Morgan fingerprint density at radius 2 is 1.63 bits per heavy atom. The van der Waals surface area contributed by atoms with Crippen molar-refractivity contribution in [3.8, 4) is 11.5 Å². The minimum absolute atomic E-state index is 0.166. The predicted octanol–water partition coefficient (Wildman–Crippen LogP) is 2.82. The Hall–Kier alpha value is -4.60. The molecule has 198 valence electrons. The Morgan fingerprint density at radius 1 is 0.895 bits per heavy atom. The van der Waals surface area contributed by atoms with Crippen LogP contribution in [-0.4, -0.2) is 74.0 Å². The molecule has 0 aliphatic carbocycles. The number of amides is 3. The van der Waals surface area contributed by atoms with Crippen molar-refractivity contribution in [2.24, 2.45) is 0 Å². The summed E-state index contributed by atoms with van der Waals surface area (Å²) >= 11 is 0. The van der Waals surface area contributed by atoms with Gasteiger partial charge in [-0.3, -0.25) is 19.4 Å². The van der Waals surface area contributed by atoms with Crippen molar-refractivity contribution in [1.29, 1.82) is 0 Å². The Kier molecular flexibility index (Phi) is 8.42. The molecule has 3 amide bonds. The molecular formula is C28H31N5O5. The molecule has 0 spiro atoms. The second-order valence-electron chi connectivity index (χ2n) is 8.79. The molecule has 2 aromatic carbocycles. The summed E-state index contributed by atoms with van der Waals surface area (Å²) < 4.78 is 10.5. The maximum absolute atomic E-state index is 13.1. The van der Waals surface area contributed by atoms with Crippen LogP contribution in [0, 0.1) is 0 Å². The van der Waals surface area contributed by atoms with Crippen LogP contribution in [0.25, 0.3) is 0 Å². The number of piperazine rings is 1. The molecule has 1 unspecified atom stereocenters. The molecule has 3 aromatic rings. The number of rotatable bonds is 8. The number of nitrogens with zero attached hydrogens (tertiary/aromatic N) is 3. The van der Waals surface area contributed by atoms with Crippen molar-refractivity contribution in [1.82, 2.24) is 15.2 Å². The van der Waals surface area contributed by atoms with Crippen LogP contribution in [-0.2, 0) is 4.79 Å². The number of benzene rings is 2. The fourth-order valence-corrected chi connectivity index (χ4v) is 4.34. The SMILES string of the molecule is COc1ccc(C(=O)NC(C)C(=O)N2CCN(c3ccccc3C(=O)Nc3cccnc3)CC2)cc1OC. The van der Waals surface area contributed by atoms with Crippen molar-refractivity contribution in [2.75, 3.05) is 50.6 Å². The van der Waals surface area contributed by atoms with Crippen molar-refractivity contribution < 1.29 is 23.9 Å². The first kappa shape index (κ1) is 26.5. The summed E-state index contributed by atoms with van der Waals surface area (Å²) in [5, 5.41) is 5.65. The number of aromatic nitrogens is 1. The minimum atomic E-state index is -0.709. The lowest BCUT2D eigenvalue weighted by Gasteiger charge is -2.37. The van der Waals surface area contributed by atoms with Crippen LogP contribution in [0.5, 0.6) is 11.5 Å². The number of carbonyl (C=O) groups is 3. The molecule has 1 aliphatic rings. The van der Waals surface area contributed by atoms with Gasteiger partial charge in [0.1, 0.15) is 6.04 Å². The molecule has 1 atom stereocenters. The maximum Gasteiger partial charge on any atom is 0.257 e. The van der Waals surface area contributed by atoms with E-state index in [9.17, 15) is 14.4 Å². The highest BCUT2D eigenvalue weighted by molar-refractivity contribution is 6.08. The third-order valence-electron chi connectivity index (χ3n) is 6.36. The zero-order valence-electron chi connectivity index (χ0n) is 21.6. The van der Waals surface area contributed by atoms with E-state index >= 15 is 0 Å². The topological polar surface area (TPSA) is 113 Å². The fraction of sp³-hybridized carbons (Fsp3) is 0.286. The average molecular weight is 518 g/mol. The summed E-state index contributed by atoms with van der Waals surface area (Å²) in [6, 6.07) is 15.1. The third kappa shape index (κ3) is 6.03. The number of carbonyl (C=O) groups excluding carboxylic acids is 3. The van der Waals surface area contributed by atoms with Gasteiger partial charge in [-0.2, -0.15) is 0 Å². The number of para-hydroxylation sites is 1. The largest absolute Gasteiger partial charge is 0.493 e. The van der Waals surface area contributed by atoms with Gasteiger partial charge in [-0.25, -0.2) is 0 Å². The van der Waals surface area contributed by atoms with E-state index < -0.39 is 6.04 Å². The lowest BCUT2D eigenvalue weighted by atomic mass is 10.1. The van der Waals surface area contributed by atoms with E-state index in [-0.39, 0.29) is 17.7 Å². The van der Waals surface area contributed by atoms with E-state index in [4.69, 9.17) is 9.47 Å². The van der Waals surface area contributed by atoms with E-state index in [1.807, 2.05) is 18.2 Å². The van der Waals surface area contributed by atoms with Crippen molar-refractivity contribution in [2.45, 2.75) is 13.0 Å². The van der Waals surface area contributed by atoms with Gasteiger partial charge in [-0.1, -0.05) is 12.1 Å². The first-order valence-corrected chi connectivity index (χ1v) is 12.3. The van der Waals surface area contributed by atoms with Crippen LogP contribution >= 0.6 is 0 Å². The average Bonchev–Trinajstić information content (AvgIpc) is 2.96. The molecule has 1 aliphatic heterocycles. The van der Waals surface area contributed by atoms with Crippen LogP contribution in [0.4, 0.5) is 11.4 Å². The number of pyridine rings is 1. The lowest BCUT2D eigenvalue weighted by Crippen LogP contribution is -2.54. The molecule has 0 bridgehead atoms. The van der Waals surface area contributed by atoms with Crippen LogP contribution in [0.1, 0.15) is 27.6 Å². The van der Waals surface area contributed by atoms with Crippen LogP contribution in [0.15, 0.2) is 67.0 Å². The quantitative estimate of drug-likeness (QED) is 0.472. The molecule has 1 aromatic heterocycles. The summed E-state index contributed by atoms with van der Waals surface area (Å²) in [4.78, 5) is 46.6. The van der Waals surface area contributed by atoms with Gasteiger partial charge < -0.3 is 29.9 Å². The van der Waals surface area contributed by atoms with Gasteiger partial charge in [-0.05, 0) is 49.4 Å². The predicted molar refractivity (Wildman–Crippen MR) is 144 cm³/mol. The summed E-state index contributed by atoms with van der Waals surface area (Å²) in [6.07, 6.45) is 3.24. The number of ether oxygens (including phenoxy) is 2. The van der Waals surface area contributed by atoms with Gasteiger partial charge in [0.2, 0.25) is 5.91 Å². The van der Waals surface area contributed by atoms with E-state index in [1.165, 1.54) is 14.2 Å². The molecule has 1 saturated heterocycles. The van der Waals surface area contributed by atoms with Crippen LogP contribution in [0.3, 0.4) is 0 Å². The Bertz CT molecular complexity index is 1290.